The van der Waals surface area contributed by atoms with Crippen LogP contribution in [0.2, 0.25) is 0 Å². The fourth-order valence-electron chi connectivity index (χ4n) is 1.35. The third-order valence-electron chi connectivity index (χ3n) is 2.04. The highest BCUT2D eigenvalue weighted by atomic mass is 16.4. The summed E-state index contributed by atoms with van der Waals surface area (Å²) in [6.07, 6.45) is 6.37. The Balaban J connectivity index is 2.53. The average molecular weight is 176 g/mol. The van der Waals surface area contributed by atoms with Gasteiger partial charge in [-0.1, -0.05) is 0 Å². The van der Waals surface area contributed by atoms with Crippen LogP contribution in [0.4, 0.5) is 0 Å². The number of aromatic nitrogens is 1. The Bertz CT molecular complexity index is 364. The number of nitrogens with one attached hydrogen (secondary N) is 1. The van der Waals surface area contributed by atoms with E-state index < -0.39 is 11.5 Å². The standard InChI is InChI=1S/C9H8N2O2/c12-8(13)9(4-2-6-11-9)7-3-1-5-10-7/h1-6,10H,(H,12,13). The number of aromatic amines is 1. The van der Waals surface area contributed by atoms with Crippen molar-refractivity contribution in [3.63, 3.8) is 0 Å². The van der Waals surface area contributed by atoms with Gasteiger partial charge in [0.15, 0.2) is 0 Å². The molecule has 0 aromatic carbocycles. The molecule has 0 fully saturated rings. The largest absolute Gasteiger partial charge is 0.479 e. The summed E-state index contributed by atoms with van der Waals surface area (Å²) >= 11 is 0. The molecule has 2 heterocycles. The van der Waals surface area contributed by atoms with Gasteiger partial charge in [0.05, 0.1) is 5.69 Å². The third kappa shape index (κ3) is 0.989. The van der Waals surface area contributed by atoms with Gasteiger partial charge in [0.1, 0.15) is 0 Å². The number of allylic oxidation sites excluding steroid dienone is 1. The second-order valence-corrected chi connectivity index (χ2v) is 2.79. The van der Waals surface area contributed by atoms with Crippen LogP contribution in [0.1, 0.15) is 5.69 Å². The van der Waals surface area contributed by atoms with E-state index in [2.05, 4.69) is 9.98 Å². The molecule has 4 heteroatoms. The van der Waals surface area contributed by atoms with Crippen LogP contribution in [-0.2, 0) is 10.3 Å². The summed E-state index contributed by atoms with van der Waals surface area (Å²) in [4.78, 5) is 17.8. The minimum Gasteiger partial charge on any atom is -0.479 e. The Labute approximate surface area is 74.6 Å². The number of rotatable bonds is 2. The van der Waals surface area contributed by atoms with Crippen molar-refractivity contribution in [3.8, 4) is 0 Å². The van der Waals surface area contributed by atoms with Gasteiger partial charge in [0.2, 0.25) is 5.54 Å². The molecule has 0 saturated heterocycles. The monoisotopic (exact) mass is 176 g/mol. The molecule has 4 nitrogen and oxygen atoms in total. The van der Waals surface area contributed by atoms with Gasteiger partial charge in [-0.25, -0.2) is 4.79 Å². The molecular weight excluding hydrogens is 168 g/mol. The van der Waals surface area contributed by atoms with E-state index in [9.17, 15) is 4.79 Å². The van der Waals surface area contributed by atoms with Crippen LogP contribution in [0.15, 0.2) is 35.5 Å². The van der Waals surface area contributed by atoms with E-state index in [0.29, 0.717) is 5.69 Å². The Kier molecular flexibility index (Phi) is 1.55. The van der Waals surface area contributed by atoms with E-state index in [1.165, 1.54) is 6.21 Å². The highest BCUT2D eigenvalue weighted by Gasteiger charge is 2.39. The van der Waals surface area contributed by atoms with Crippen molar-refractivity contribution in [1.82, 2.24) is 4.98 Å². The molecule has 1 atom stereocenters. The zero-order valence-corrected chi connectivity index (χ0v) is 6.77. The van der Waals surface area contributed by atoms with Gasteiger partial charge in [-0.05, 0) is 24.3 Å². The Morgan fingerprint density at radius 2 is 2.46 bits per heavy atom. The van der Waals surface area contributed by atoms with Crippen LogP contribution in [-0.4, -0.2) is 22.3 Å². The molecular formula is C9H8N2O2. The number of hydrogen-bond acceptors (Lipinski definition) is 2. The molecule has 0 aliphatic carbocycles. The SMILES string of the molecule is O=C(O)C1(c2ccc[nH]2)C=CC=N1. The van der Waals surface area contributed by atoms with Crippen LogP contribution in [0.3, 0.4) is 0 Å². The Hall–Kier alpha value is -1.84. The lowest BCUT2D eigenvalue weighted by Crippen LogP contribution is -2.30. The molecule has 0 radical (unpaired) electrons. The van der Waals surface area contributed by atoms with Gasteiger partial charge in [-0.15, -0.1) is 0 Å². The van der Waals surface area contributed by atoms with Crippen LogP contribution < -0.4 is 0 Å². The molecule has 1 aromatic heterocycles. The summed E-state index contributed by atoms with van der Waals surface area (Å²) in [7, 11) is 0. The molecule has 2 rings (SSSR count). The maximum atomic E-state index is 11.0. The van der Waals surface area contributed by atoms with Crippen molar-refractivity contribution in [1.29, 1.82) is 0 Å². The second kappa shape index (κ2) is 2.58. The number of H-pyrrole nitrogens is 1. The Morgan fingerprint density at radius 3 is 2.92 bits per heavy atom. The molecule has 2 N–H and O–H groups in total. The number of nitrogens with zero attached hydrogens (tertiary/aromatic N) is 1. The van der Waals surface area contributed by atoms with E-state index in [1.54, 1.807) is 30.5 Å². The summed E-state index contributed by atoms with van der Waals surface area (Å²) in [5, 5.41) is 9.05. The lowest BCUT2D eigenvalue weighted by Gasteiger charge is -2.16. The number of carbonyl (C=O) groups is 1. The Morgan fingerprint density at radius 1 is 1.62 bits per heavy atom. The molecule has 13 heavy (non-hydrogen) atoms. The van der Waals surface area contributed by atoms with E-state index in [0.717, 1.165) is 0 Å². The van der Waals surface area contributed by atoms with E-state index >= 15 is 0 Å². The van der Waals surface area contributed by atoms with Crippen molar-refractivity contribution < 1.29 is 9.90 Å². The van der Waals surface area contributed by atoms with E-state index in [4.69, 9.17) is 5.11 Å². The van der Waals surface area contributed by atoms with Gasteiger partial charge in [-0.3, -0.25) is 4.99 Å². The smallest absolute Gasteiger partial charge is 0.341 e. The fraction of sp³-hybridized carbons (Fsp3) is 0.111. The predicted octanol–water partition coefficient (Wildman–Crippen LogP) is 0.935. The predicted molar refractivity (Wildman–Crippen MR) is 47.7 cm³/mol. The summed E-state index contributed by atoms with van der Waals surface area (Å²) in [5.74, 6) is -0.972. The van der Waals surface area contributed by atoms with Gasteiger partial charge in [0.25, 0.3) is 0 Å². The van der Waals surface area contributed by atoms with E-state index in [-0.39, 0.29) is 0 Å². The number of aliphatic imine (C=N–C) groups is 1. The summed E-state index contributed by atoms with van der Waals surface area (Å²) in [6.45, 7) is 0. The highest BCUT2D eigenvalue weighted by molar-refractivity contribution is 5.90. The van der Waals surface area contributed by atoms with Gasteiger partial charge >= 0.3 is 5.97 Å². The van der Waals surface area contributed by atoms with Crippen molar-refractivity contribution >= 4 is 12.2 Å². The zero-order valence-electron chi connectivity index (χ0n) is 6.77. The van der Waals surface area contributed by atoms with E-state index in [1.807, 2.05) is 0 Å². The fourth-order valence-corrected chi connectivity index (χ4v) is 1.35. The molecule has 0 bridgehead atoms. The first kappa shape index (κ1) is 7.79. The van der Waals surface area contributed by atoms with Crippen LogP contribution in [0.25, 0.3) is 0 Å². The maximum absolute atomic E-state index is 11.0. The third-order valence-corrected chi connectivity index (χ3v) is 2.04. The van der Waals surface area contributed by atoms with Crippen molar-refractivity contribution in [2.45, 2.75) is 5.54 Å². The minimum absolute atomic E-state index is 0.574. The topological polar surface area (TPSA) is 65.4 Å². The molecule has 1 unspecified atom stereocenters. The van der Waals surface area contributed by atoms with Gasteiger partial charge in [0, 0.05) is 12.4 Å². The van der Waals surface area contributed by atoms with Gasteiger partial charge < -0.3 is 10.1 Å². The summed E-state index contributed by atoms with van der Waals surface area (Å²) in [5.41, 5.74) is -0.659. The number of carboxylic acid groups (broad SMARTS) is 1. The summed E-state index contributed by atoms with van der Waals surface area (Å²) < 4.78 is 0. The first-order valence-corrected chi connectivity index (χ1v) is 3.86. The molecule has 1 aromatic rings. The maximum Gasteiger partial charge on any atom is 0.341 e. The zero-order chi connectivity index (χ0) is 9.31. The number of carboxylic acids is 1. The molecule has 1 aliphatic rings. The average Bonchev–Trinajstić information content (AvgIpc) is 2.75. The molecule has 66 valence electrons. The number of aliphatic carboxylic acids is 1. The molecule has 1 aliphatic heterocycles. The quantitative estimate of drug-likeness (QED) is 0.704. The van der Waals surface area contributed by atoms with Crippen LogP contribution >= 0.6 is 0 Å². The lowest BCUT2D eigenvalue weighted by atomic mass is 9.97. The van der Waals surface area contributed by atoms with Crippen molar-refractivity contribution in [3.05, 3.63) is 36.2 Å². The normalized spacial score (nSPS) is 25.2. The minimum atomic E-state index is -1.23. The summed E-state index contributed by atoms with van der Waals surface area (Å²) in [6, 6.07) is 3.46. The van der Waals surface area contributed by atoms with Crippen LogP contribution in [0, 0.1) is 0 Å². The molecule has 0 saturated carbocycles. The first-order chi connectivity index (χ1) is 6.26. The van der Waals surface area contributed by atoms with Gasteiger partial charge in [-0.2, -0.15) is 0 Å². The number of hydrogen-bond donors (Lipinski definition) is 2. The van der Waals surface area contributed by atoms with Crippen molar-refractivity contribution in [2.75, 3.05) is 0 Å². The highest BCUT2D eigenvalue weighted by Crippen LogP contribution is 2.28. The van der Waals surface area contributed by atoms with Crippen LogP contribution in [0.5, 0.6) is 0 Å². The second-order valence-electron chi connectivity index (χ2n) is 2.79. The first-order valence-electron chi connectivity index (χ1n) is 3.86. The van der Waals surface area contributed by atoms with Crippen molar-refractivity contribution in [2.24, 2.45) is 4.99 Å². The molecule has 0 amide bonds. The lowest BCUT2D eigenvalue weighted by molar-refractivity contribution is -0.141. The molecule has 0 spiro atoms.